The van der Waals surface area contributed by atoms with Gasteiger partial charge in [-0.15, -0.1) is 0 Å². The average molecular weight is 764 g/mol. The van der Waals surface area contributed by atoms with Crippen LogP contribution in [0.25, 0.3) is 10.9 Å². The number of hydrogen-bond acceptors (Lipinski definition) is 7. The minimum absolute atomic E-state index is 0.0696. The maximum Gasteiger partial charge on any atom is 0.254 e. The van der Waals surface area contributed by atoms with Gasteiger partial charge in [0.05, 0.1) is 31.7 Å². The summed E-state index contributed by atoms with van der Waals surface area (Å²) in [5, 5.41) is 7.22. The van der Waals surface area contributed by atoms with Gasteiger partial charge in [-0.3, -0.25) is 19.2 Å². The summed E-state index contributed by atoms with van der Waals surface area (Å²) in [5.74, 6) is -0.609. The van der Waals surface area contributed by atoms with E-state index in [1.807, 2.05) is 39.1 Å². The molecule has 2 aromatic carbocycles. The zero-order valence-electron chi connectivity index (χ0n) is 32.0. The van der Waals surface area contributed by atoms with Gasteiger partial charge in [0.2, 0.25) is 17.7 Å². The van der Waals surface area contributed by atoms with Gasteiger partial charge in [-0.2, -0.15) is 0 Å². The first-order valence-electron chi connectivity index (χ1n) is 19.3. The van der Waals surface area contributed by atoms with Crippen LogP contribution in [0.5, 0.6) is 11.5 Å². The zero-order chi connectivity index (χ0) is 38.5. The van der Waals surface area contributed by atoms with Crippen molar-refractivity contribution in [1.29, 1.82) is 0 Å². The number of likely N-dealkylation sites (tertiary alicyclic amines) is 2. The first kappa shape index (κ1) is 39.4. The van der Waals surface area contributed by atoms with Crippen LogP contribution in [0.15, 0.2) is 42.6 Å². The molecule has 3 heterocycles. The number of aromatic amines is 1. The van der Waals surface area contributed by atoms with Crippen LogP contribution in [-0.2, 0) is 25.5 Å². The number of likely N-dealkylation sites (N-methyl/N-ethyl adjacent to an activating group) is 1. The minimum Gasteiger partial charge on any atom is -0.493 e. The molecular formula is C41H54ClN5O7. The van der Waals surface area contributed by atoms with Crippen molar-refractivity contribution in [2.45, 2.75) is 77.5 Å². The second-order valence-corrected chi connectivity index (χ2v) is 15.8. The number of rotatable bonds is 13. The highest BCUT2D eigenvalue weighted by molar-refractivity contribution is 6.31. The fourth-order valence-corrected chi connectivity index (χ4v) is 8.56. The van der Waals surface area contributed by atoms with E-state index in [1.165, 1.54) is 26.4 Å². The maximum atomic E-state index is 14.4. The summed E-state index contributed by atoms with van der Waals surface area (Å²) in [4.78, 5) is 62.4. The SMILES string of the molecule is CNC(=O)[C@@H](NC(=O)C1CN(C(=O)Cc2c[nH]c3cc(Cl)ccc23)CC2CN(C(=O)c3ccc(OC(C)C)c(OC)c3)CC21)[C@H](C)OCC1CCCCC1. The molecular weight excluding hydrogens is 710 g/mol. The topological polar surface area (TPSA) is 142 Å². The first-order valence-corrected chi connectivity index (χ1v) is 19.6. The van der Waals surface area contributed by atoms with Crippen molar-refractivity contribution >= 4 is 46.1 Å². The molecule has 4 amide bonds. The van der Waals surface area contributed by atoms with E-state index in [4.69, 9.17) is 25.8 Å². The predicted octanol–water partition coefficient (Wildman–Crippen LogP) is 5.22. The van der Waals surface area contributed by atoms with E-state index in [2.05, 4.69) is 15.6 Å². The van der Waals surface area contributed by atoms with E-state index in [-0.39, 0.29) is 54.5 Å². The Bertz CT molecular complexity index is 1820. The summed E-state index contributed by atoms with van der Waals surface area (Å²) in [6.45, 7) is 7.45. The van der Waals surface area contributed by atoms with Crippen LogP contribution in [-0.4, -0.2) is 104 Å². The molecule has 6 rings (SSSR count). The number of H-pyrrole nitrogens is 1. The van der Waals surface area contributed by atoms with Gasteiger partial charge in [-0.25, -0.2) is 0 Å². The second-order valence-electron chi connectivity index (χ2n) is 15.4. The van der Waals surface area contributed by atoms with Gasteiger partial charge in [0.1, 0.15) is 6.04 Å². The third kappa shape index (κ3) is 8.97. The average Bonchev–Trinajstić information content (AvgIpc) is 3.79. The maximum absolute atomic E-state index is 14.4. The van der Waals surface area contributed by atoms with Crippen molar-refractivity contribution in [3.8, 4) is 11.5 Å². The third-order valence-electron chi connectivity index (χ3n) is 11.3. The Morgan fingerprint density at radius 3 is 2.43 bits per heavy atom. The highest BCUT2D eigenvalue weighted by atomic mass is 35.5. The van der Waals surface area contributed by atoms with Crippen molar-refractivity contribution in [2.24, 2.45) is 23.7 Å². The molecule has 3 N–H and O–H groups in total. The number of fused-ring (bicyclic) bond motifs is 2. The number of aromatic nitrogens is 1. The molecule has 1 saturated carbocycles. The molecule has 3 fully saturated rings. The van der Waals surface area contributed by atoms with Crippen molar-refractivity contribution < 1.29 is 33.4 Å². The quantitative estimate of drug-likeness (QED) is 0.217. The van der Waals surface area contributed by atoms with Crippen molar-refractivity contribution in [3.63, 3.8) is 0 Å². The molecule has 54 heavy (non-hydrogen) atoms. The van der Waals surface area contributed by atoms with E-state index in [0.717, 1.165) is 29.3 Å². The smallest absolute Gasteiger partial charge is 0.254 e. The van der Waals surface area contributed by atoms with E-state index >= 15 is 0 Å². The molecule has 13 heteroatoms. The summed E-state index contributed by atoms with van der Waals surface area (Å²) in [6.07, 6.45) is 7.11. The minimum atomic E-state index is -0.924. The highest BCUT2D eigenvalue weighted by Crippen LogP contribution is 2.38. The molecule has 0 bridgehead atoms. The molecule has 292 valence electrons. The summed E-state index contributed by atoms with van der Waals surface area (Å²) < 4.78 is 17.6. The lowest BCUT2D eigenvalue weighted by Crippen LogP contribution is -2.58. The first-order chi connectivity index (χ1) is 25.9. The lowest BCUT2D eigenvalue weighted by Gasteiger charge is -2.40. The van der Waals surface area contributed by atoms with Crippen molar-refractivity contribution in [2.75, 3.05) is 46.9 Å². The molecule has 3 unspecified atom stereocenters. The van der Waals surface area contributed by atoms with Crippen LogP contribution in [0.4, 0.5) is 0 Å². The Balaban J connectivity index is 1.22. The lowest BCUT2D eigenvalue weighted by atomic mass is 9.79. The van der Waals surface area contributed by atoms with E-state index in [1.54, 1.807) is 41.1 Å². The molecule has 1 aromatic heterocycles. The lowest BCUT2D eigenvalue weighted by molar-refractivity contribution is -0.141. The summed E-state index contributed by atoms with van der Waals surface area (Å²) in [7, 11) is 3.08. The number of methoxy groups -OCH3 is 1. The molecule has 3 aliphatic rings. The van der Waals surface area contributed by atoms with Crippen LogP contribution in [0, 0.1) is 23.7 Å². The fourth-order valence-electron chi connectivity index (χ4n) is 8.39. The number of benzene rings is 2. The van der Waals surface area contributed by atoms with E-state index in [9.17, 15) is 19.2 Å². The standard InChI is InChI=1S/C41H54ClN5O7/c1-24(2)54-35-14-11-27(15-36(35)52-5)41(51)47-20-29-19-46(37(48)16-28-18-44-34-17-30(42)12-13-31(28)34)22-33(32(29)21-47)39(49)45-38(40(50)43-4)25(3)53-23-26-9-7-6-8-10-26/h11-15,17-18,24-26,29,32-33,38,44H,6-10,16,19-23H2,1-5H3,(H,43,50)(H,45,49)/t25-,29?,32?,33?,38-/m0/s1. The Hall–Kier alpha value is -4.29. The largest absolute Gasteiger partial charge is 0.493 e. The van der Waals surface area contributed by atoms with E-state index < -0.39 is 18.1 Å². The normalized spacial score (nSPS) is 21.4. The summed E-state index contributed by atoms with van der Waals surface area (Å²) in [5.41, 5.74) is 2.12. The van der Waals surface area contributed by atoms with Crippen LogP contribution >= 0.6 is 11.6 Å². The van der Waals surface area contributed by atoms with Gasteiger partial charge >= 0.3 is 0 Å². The van der Waals surface area contributed by atoms with Gasteiger partial charge in [-0.05, 0) is 87.3 Å². The molecule has 2 saturated heterocycles. The third-order valence-corrected chi connectivity index (χ3v) is 11.6. The Kier molecular flexibility index (Phi) is 12.7. The summed E-state index contributed by atoms with van der Waals surface area (Å²) >= 11 is 6.20. The molecule has 3 aromatic rings. The van der Waals surface area contributed by atoms with Crippen molar-refractivity contribution in [1.82, 2.24) is 25.4 Å². The van der Waals surface area contributed by atoms with Gasteiger partial charge in [0.15, 0.2) is 11.5 Å². The Labute approximate surface area is 322 Å². The number of piperidine rings is 1. The number of ether oxygens (including phenoxy) is 3. The number of hydrogen-bond donors (Lipinski definition) is 3. The summed E-state index contributed by atoms with van der Waals surface area (Å²) in [6, 6.07) is 9.73. The van der Waals surface area contributed by atoms with Gasteiger partial charge in [0.25, 0.3) is 5.91 Å². The number of nitrogens with one attached hydrogen (secondary N) is 3. The molecule has 0 spiro atoms. The number of halogens is 1. The molecule has 1 aliphatic carbocycles. The van der Waals surface area contributed by atoms with Gasteiger partial charge < -0.3 is 39.6 Å². The van der Waals surface area contributed by atoms with Gasteiger partial charge in [0, 0.05) is 67.5 Å². The van der Waals surface area contributed by atoms with Crippen LogP contribution < -0.4 is 20.1 Å². The zero-order valence-corrected chi connectivity index (χ0v) is 32.7. The van der Waals surface area contributed by atoms with E-state index in [0.29, 0.717) is 54.2 Å². The van der Waals surface area contributed by atoms with Gasteiger partial charge in [-0.1, -0.05) is 36.9 Å². The fraction of sp³-hybridized carbons (Fsp3) is 0.561. The monoisotopic (exact) mass is 763 g/mol. The number of carbonyl (C=O) groups is 4. The van der Waals surface area contributed by atoms with Crippen LogP contribution in [0.3, 0.4) is 0 Å². The molecule has 0 radical (unpaired) electrons. The van der Waals surface area contributed by atoms with Crippen LogP contribution in [0.1, 0.15) is 68.8 Å². The molecule has 12 nitrogen and oxygen atoms in total. The Morgan fingerprint density at radius 2 is 1.70 bits per heavy atom. The molecule has 2 aliphatic heterocycles. The van der Waals surface area contributed by atoms with Crippen LogP contribution in [0.2, 0.25) is 5.02 Å². The second kappa shape index (κ2) is 17.5. The number of carbonyl (C=O) groups excluding carboxylic acids is 4. The number of amides is 4. The number of nitrogens with zero attached hydrogens (tertiary/aromatic N) is 2. The van der Waals surface area contributed by atoms with Crippen molar-refractivity contribution in [3.05, 3.63) is 58.7 Å². The molecule has 5 atom stereocenters. The highest BCUT2D eigenvalue weighted by Gasteiger charge is 2.48. The Morgan fingerprint density at radius 1 is 0.944 bits per heavy atom. The predicted molar refractivity (Wildman–Crippen MR) is 207 cm³/mol.